The number of hydrogen-bond acceptors (Lipinski definition) is 2. The van der Waals surface area contributed by atoms with Crippen molar-refractivity contribution in [2.45, 2.75) is 0 Å². The van der Waals surface area contributed by atoms with Crippen LogP contribution in [-0.4, -0.2) is 9.55 Å². The molecule has 1 heterocycles. The average molecular weight is 275 g/mol. The SMILES string of the molecule is O=c1cc(Cl)[nH]c(=O)n1-c1ccc(F)c(Cl)c1. The lowest BCUT2D eigenvalue weighted by Crippen LogP contribution is -2.32. The van der Waals surface area contributed by atoms with Crippen molar-refractivity contribution in [3.05, 3.63) is 61.1 Å². The molecule has 1 N–H and O–H groups in total. The second-order valence-corrected chi connectivity index (χ2v) is 4.01. The molecule has 7 heteroatoms. The highest BCUT2D eigenvalue weighted by Gasteiger charge is 2.08. The molecule has 88 valence electrons. The van der Waals surface area contributed by atoms with Gasteiger partial charge in [0.25, 0.3) is 5.56 Å². The Hall–Kier alpha value is -1.59. The van der Waals surface area contributed by atoms with Crippen LogP contribution in [-0.2, 0) is 0 Å². The van der Waals surface area contributed by atoms with Crippen LogP contribution in [0.4, 0.5) is 4.39 Å². The number of nitrogens with zero attached hydrogens (tertiary/aromatic N) is 1. The van der Waals surface area contributed by atoms with E-state index < -0.39 is 17.1 Å². The third-order valence-corrected chi connectivity index (χ3v) is 2.55. The molecule has 0 atom stereocenters. The van der Waals surface area contributed by atoms with Gasteiger partial charge in [-0.25, -0.2) is 13.8 Å². The summed E-state index contributed by atoms with van der Waals surface area (Å²) in [6, 6.07) is 4.56. The summed E-state index contributed by atoms with van der Waals surface area (Å²) in [6.45, 7) is 0. The van der Waals surface area contributed by atoms with Crippen molar-refractivity contribution in [1.29, 1.82) is 0 Å². The lowest BCUT2D eigenvalue weighted by molar-refractivity contribution is 0.627. The Bertz CT molecular complexity index is 662. The summed E-state index contributed by atoms with van der Waals surface area (Å²) in [5.41, 5.74) is -1.18. The van der Waals surface area contributed by atoms with E-state index in [9.17, 15) is 14.0 Å². The summed E-state index contributed by atoms with van der Waals surface area (Å²) in [5, 5.41) is -0.242. The number of nitrogens with one attached hydrogen (secondary N) is 1. The van der Waals surface area contributed by atoms with Gasteiger partial charge in [-0.3, -0.25) is 9.78 Å². The van der Waals surface area contributed by atoms with Crippen molar-refractivity contribution < 1.29 is 4.39 Å². The number of benzene rings is 1. The molecule has 0 unspecified atom stereocenters. The smallest absolute Gasteiger partial charge is 0.297 e. The van der Waals surface area contributed by atoms with E-state index >= 15 is 0 Å². The first-order valence-corrected chi connectivity index (χ1v) is 5.22. The van der Waals surface area contributed by atoms with E-state index in [1.807, 2.05) is 0 Å². The summed E-state index contributed by atoms with van der Waals surface area (Å²) in [7, 11) is 0. The lowest BCUT2D eigenvalue weighted by atomic mass is 10.3. The molecule has 0 amide bonds. The van der Waals surface area contributed by atoms with Crippen LogP contribution in [0.1, 0.15) is 0 Å². The van der Waals surface area contributed by atoms with Crippen LogP contribution in [0.2, 0.25) is 10.2 Å². The minimum atomic E-state index is -0.717. The van der Waals surface area contributed by atoms with E-state index in [-0.39, 0.29) is 15.9 Å². The molecule has 0 aliphatic carbocycles. The molecule has 1 aromatic heterocycles. The maximum absolute atomic E-state index is 13.0. The van der Waals surface area contributed by atoms with Gasteiger partial charge >= 0.3 is 5.69 Å². The van der Waals surface area contributed by atoms with E-state index in [1.54, 1.807) is 0 Å². The van der Waals surface area contributed by atoms with Crippen LogP contribution in [0, 0.1) is 5.82 Å². The fourth-order valence-electron chi connectivity index (χ4n) is 1.34. The van der Waals surface area contributed by atoms with Crippen LogP contribution in [0.3, 0.4) is 0 Å². The van der Waals surface area contributed by atoms with Crippen LogP contribution >= 0.6 is 23.2 Å². The normalized spacial score (nSPS) is 10.5. The molecule has 2 aromatic rings. The lowest BCUT2D eigenvalue weighted by Gasteiger charge is -2.04. The molecule has 0 spiro atoms. The van der Waals surface area contributed by atoms with Crippen molar-refractivity contribution in [2.75, 3.05) is 0 Å². The number of hydrogen-bond donors (Lipinski definition) is 1. The van der Waals surface area contributed by atoms with Gasteiger partial charge in [0.1, 0.15) is 11.0 Å². The summed E-state index contributed by atoms with van der Waals surface area (Å²) >= 11 is 11.1. The maximum Gasteiger partial charge on any atom is 0.334 e. The van der Waals surface area contributed by atoms with Gasteiger partial charge in [-0.1, -0.05) is 23.2 Å². The minimum Gasteiger partial charge on any atom is -0.297 e. The quantitative estimate of drug-likeness (QED) is 0.809. The van der Waals surface area contributed by atoms with Gasteiger partial charge in [0.15, 0.2) is 0 Å². The molecule has 0 aliphatic heterocycles. The predicted molar refractivity (Wildman–Crippen MR) is 62.6 cm³/mol. The minimum absolute atomic E-state index is 0.0653. The van der Waals surface area contributed by atoms with E-state index in [0.717, 1.165) is 16.7 Å². The fraction of sp³-hybridized carbons (Fsp3) is 0. The Labute approximate surface area is 104 Å². The Balaban J connectivity index is 2.73. The topological polar surface area (TPSA) is 54.9 Å². The van der Waals surface area contributed by atoms with Crippen molar-refractivity contribution in [3.8, 4) is 5.69 Å². The molecule has 0 aliphatic rings. The number of H-pyrrole nitrogens is 1. The monoisotopic (exact) mass is 274 g/mol. The number of rotatable bonds is 1. The first-order chi connectivity index (χ1) is 7.99. The van der Waals surface area contributed by atoms with Crippen LogP contribution in [0.25, 0.3) is 5.69 Å². The van der Waals surface area contributed by atoms with Crippen LogP contribution in [0.5, 0.6) is 0 Å². The van der Waals surface area contributed by atoms with E-state index in [2.05, 4.69) is 4.98 Å². The number of aromatic nitrogens is 2. The van der Waals surface area contributed by atoms with Crippen LogP contribution < -0.4 is 11.2 Å². The summed E-state index contributed by atoms with van der Waals surface area (Å²) in [6.07, 6.45) is 0. The molecule has 1 aromatic carbocycles. The number of aromatic amines is 1. The molecular formula is C10H5Cl2FN2O2. The van der Waals surface area contributed by atoms with Crippen molar-refractivity contribution in [1.82, 2.24) is 9.55 Å². The Morgan fingerprint density at radius 2 is 1.88 bits per heavy atom. The van der Waals surface area contributed by atoms with Gasteiger partial charge in [0.2, 0.25) is 0 Å². The molecule has 0 bridgehead atoms. The maximum atomic E-state index is 13.0. The molecule has 2 rings (SSSR count). The van der Waals surface area contributed by atoms with E-state index in [4.69, 9.17) is 23.2 Å². The van der Waals surface area contributed by atoms with Gasteiger partial charge < -0.3 is 0 Å². The van der Waals surface area contributed by atoms with Gasteiger partial charge in [-0.05, 0) is 18.2 Å². The first-order valence-electron chi connectivity index (χ1n) is 4.46. The van der Waals surface area contributed by atoms with Gasteiger partial charge in [-0.15, -0.1) is 0 Å². The Kier molecular flexibility index (Phi) is 3.04. The highest BCUT2D eigenvalue weighted by molar-refractivity contribution is 6.31. The van der Waals surface area contributed by atoms with E-state index in [0.29, 0.717) is 0 Å². The zero-order chi connectivity index (χ0) is 12.6. The summed E-state index contributed by atoms with van der Waals surface area (Å²) in [4.78, 5) is 25.4. The molecule has 0 saturated heterocycles. The third-order valence-electron chi connectivity index (χ3n) is 2.06. The van der Waals surface area contributed by atoms with Crippen molar-refractivity contribution >= 4 is 23.2 Å². The van der Waals surface area contributed by atoms with Crippen molar-refractivity contribution in [3.63, 3.8) is 0 Å². The van der Waals surface area contributed by atoms with Gasteiger partial charge in [0.05, 0.1) is 10.7 Å². The zero-order valence-electron chi connectivity index (χ0n) is 8.21. The largest absolute Gasteiger partial charge is 0.334 e. The molecule has 17 heavy (non-hydrogen) atoms. The highest BCUT2D eigenvalue weighted by atomic mass is 35.5. The molecule has 0 fully saturated rings. The highest BCUT2D eigenvalue weighted by Crippen LogP contribution is 2.17. The van der Waals surface area contributed by atoms with Gasteiger partial charge in [-0.2, -0.15) is 0 Å². The standard InChI is InChI=1S/C10H5Cl2FN2O2/c11-6-3-5(1-2-7(6)13)15-9(16)4-8(12)14-10(15)17/h1-4H,(H,14,17). The number of halogens is 3. The molecule has 4 nitrogen and oxygen atoms in total. The van der Waals surface area contributed by atoms with Crippen LogP contribution in [0.15, 0.2) is 33.9 Å². The summed E-state index contributed by atoms with van der Waals surface area (Å²) in [5.74, 6) is -0.631. The Morgan fingerprint density at radius 1 is 1.18 bits per heavy atom. The third kappa shape index (κ3) is 2.25. The first kappa shape index (κ1) is 11.9. The second-order valence-electron chi connectivity index (χ2n) is 3.19. The summed E-state index contributed by atoms with van der Waals surface area (Å²) < 4.78 is 13.8. The fourth-order valence-corrected chi connectivity index (χ4v) is 1.68. The zero-order valence-corrected chi connectivity index (χ0v) is 9.72. The molecule has 0 radical (unpaired) electrons. The molecule has 0 saturated carbocycles. The molecular weight excluding hydrogens is 270 g/mol. The van der Waals surface area contributed by atoms with Gasteiger partial charge in [0, 0.05) is 6.07 Å². The predicted octanol–water partition coefficient (Wildman–Crippen LogP) is 1.97. The Morgan fingerprint density at radius 3 is 2.47 bits per heavy atom. The van der Waals surface area contributed by atoms with Crippen molar-refractivity contribution in [2.24, 2.45) is 0 Å². The second kappa shape index (κ2) is 4.35. The average Bonchev–Trinajstić information content (AvgIpc) is 2.21. The van der Waals surface area contributed by atoms with E-state index in [1.165, 1.54) is 12.1 Å².